The monoisotopic (exact) mass is 148 g/mol. The third-order valence-corrected chi connectivity index (χ3v) is 2.03. The molecule has 6 heteroatoms. The van der Waals surface area contributed by atoms with Crippen LogP contribution in [-0.4, -0.2) is 17.6 Å². The summed E-state index contributed by atoms with van der Waals surface area (Å²) in [6.07, 6.45) is 0. The molecule has 0 fully saturated rings. The Labute approximate surface area is 66.2 Å². The zero-order valence-electron chi connectivity index (χ0n) is 4.66. The Morgan fingerprint density at radius 1 is 1.62 bits per heavy atom. The fraction of sp³-hybridized carbons (Fsp3) is 1.00. The molecule has 0 radical (unpaired) electrons. The second-order valence-electron chi connectivity index (χ2n) is 1.09. The molecule has 0 heterocycles. The van der Waals surface area contributed by atoms with Crippen molar-refractivity contribution in [2.75, 3.05) is 0 Å². The summed E-state index contributed by atoms with van der Waals surface area (Å²) < 4.78 is 28.0. The summed E-state index contributed by atoms with van der Waals surface area (Å²) in [4.78, 5) is 0. The molecule has 0 amide bonds. The van der Waals surface area contributed by atoms with Crippen LogP contribution < -0.4 is 18.9 Å². The standard InChI is InChI=1S/C2H6O3S2.Li/c1-2(6)7(3,4)5;/h2,6H,1H3,(H,3,4,5);/q;+1/p-1. The molecule has 0 aromatic carbocycles. The van der Waals surface area contributed by atoms with Crippen LogP contribution in [0.5, 0.6) is 0 Å². The third-order valence-electron chi connectivity index (χ3n) is 0.418. The fourth-order valence-electron chi connectivity index (χ4n) is 0. The van der Waals surface area contributed by atoms with Gasteiger partial charge in [0.05, 0.1) is 4.58 Å². The number of thiol groups is 1. The molecule has 0 rings (SSSR count). The number of hydrogen-bond acceptors (Lipinski definition) is 4. The van der Waals surface area contributed by atoms with Crippen molar-refractivity contribution in [3.63, 3.8) is 0 Å². The maximum Gasteiger partial charge on any atom is 1.00 e. The van der Waals surface area contributed by atoms with Gasteiger partial charge in [-0.25, -0.2) is 8.42 Å². The molecule has 0 bridgehead atoms. The summed E-state index contributed by atoms with van der Waals surface area (Å²) >= 11 is 3.38. The van der Waals surface area contributed by atoms with Crippen LogP contribution in [0.15, 0.2) is 0 Å². The molecule has 0 aliphatic rings. The van der Waals surface area contributed by atoms with Crippen LogP contribution in [0.3, 0.4) is 0 Å². The van der Waals surface area contributed by atoms with Gasteiger partial charge in [0.2, 0.25) is 0 Å². The summed E-state index contributed by atoms with van der Waals surface area (Å²) in [5.74, 6) is 0. The third kappa shape index (κ3) is 5.00. The van der Waals surface area contributed by atoms with E-state index in [1.807, 2.05) is 0 Å². The Kier molecular flexibility index (Phi) is 5.53. The van der Waals surface area contributed by atoms with Crippen molar-refractivity contribution in [3.05, 3.63) is 0 Å². The van der Waals surface area contributed by atoms with Gasteiger partial charge in [-0.05, 0) is 6.92 Å². The molecule has 0 aliphatic carbocycles. The van der Waals surface area contributed by atoms with Gasteiger partial charge in [0, 0.05) is 0 Å². The molecule has 1 unspecified atom stereocenters. The van der Waals surface area contributed by atoms with E-state index in [1.165, 1.54) is 6.92 Å². The number of hydrogen-bond donors (Lipinski definition) is 1. The normalized spacial score (nSPS) is 14.4. The van der Waals surface area contributed by atoms with Gasteiger partial charge in [-0.1, -0.05) is 0 Å². The average molecular weight is 148 g/mol. The molecule has 3 nitrogen and oxygen atoms in total. The Morgan fingerprint density at radius 2 is 1.75 bits per heavy atom. The van der Waals surface area contributed by atoms with Crippen molar-refractivity contribution >= 4 is 22.7 Å². The zero-order valence-corrected chi connectivity index (χ0v) is 6.37. The maximum atomic E-state index is 9.70. The largest absolute Gasteiger partial charge is 1.00 e. The van der Waals surface area contributed by atoms with E-state index in [-0.39, 0.29) is 18.9 Å². The van der Waals surface area contributed by atoms with Gasteiger partial charge in [0.25, 0.3) is 0 Å². The Morgan fingerprint density at radius 3 is 1.75 bits per heavy atom. The summed E-state index contributed by atoms with van der Waals surface area (Å²) in [6, 6.07) is 0. The minimum Gasteiger partial charge on any atom is -0.747 e. The topological polar surface area (TPSA) is 57.2 Å². The first kappa shape index (κ1) is 11.6. The van der Waals surface area contributed by atoms with Crippen LogP contribution in [0.25, 0.3) is 0 Å². The van der Waals surface area contributed by atoms with E-state index in [9.17, 15) is 13.0 Å². The molecule has 0 aliphatic heterocycles. The van der Waals surface area contributed by atoms with Gasteiger partial charge in [-0.3, -0.25) is 0 Å². The van der Waals surface area contributed by atoms with Crippen molar-refractivity contribution < 1.29 is 31.8 Å². The van der Waals surface area contributed by atoms with Gasteiger partial charge in [0.15, 0.2) is 0 Å². The van der Waals surface area contributed by atoms with Crippen LogP contribution >= 0.6 is 12.6 Å². The van der Waals surface area contributed by atoms with E-state index in [1.54, 1.807) is 0 Å². The van der Waals surface area contributed by atoms with Crippen LogP contribution in [0, 0.1) is 0 Å². The first-order valence-corrected chi connectivity index (χ1v) is 3.56. The predicted molar refractivity (Wildman–Crippen MR) is 28.1 cm³/mol. The Balaban J connectivity index is 0. The van der Waals surface area contributed by atoms with E-state index in [0.717, 1.165) is 0 Å². The molecular weight excluding hydrogens is 143 g/mol. The minimum atomic E-state index is -4.13. The van der Waals surface area contributed by atoms with Crippen LogP contribution in [0.1, 0.15) is 6.92 Å². The summed E-state index contributed by atoms with van der Waals surface area (Å²) in [5.41, 5.74) is 0. The minimum absolute atomic E-state index is 0. The van der Waals surface area contributed by atoms with Gasteiger partial charge in [-0.15, -0.1) is 0 Å². The SMILES string of the molecule is CC(S)S(=O)(=O)[O-].[Li+]. The molecule has 8 heavy (non-hydrogen) atoms. The van der Waals surface area contributed by atoms with Gasteiger partial charge < -0.3 is 4.55 Å². The molecule has 0 aromatic rings. The van der Waals surface area contributed by atoms with E-state index in [2.05, 4.69) is 12.6 Å². The van der Waals surface area contributed by atoms with Crippen molar-refractivity contribution in [1.29, 1.82) is 0 Å². The second kappa shape index (κ2) is 3.80. The van der Waals surface area contributed by atoms with E-state index in [4.69, 9.17) is 0 Å². The molecular formula is C2H5LiO3S2. The van der Waals surface area contributed by atoms with Crippen molar-refractivity contribution in [2.24, 2.45) is 0 Å². The molecule has 1 atom stereocenters. The second-order valence-corrected chi connectivity index (χ2v) is 3.91. The van der Waals surface area contributed by atoms with Crippen LogP contribution in [0.4, 0.5) is 0 Å². The first-order chi connectivity index (χ1) is 2.94. The maximum absolute atomic E-state index is 9.70. The van der Waals surface area contributed by atoms with Gasteiger partial charge >= 0.3 is 18.9 Å². The summed E-state index contributed by atoms with van der Waals surface area (Å²) in [5, 5.41) is 0. The van der Waals surface area contributed by atoms with E-state index >= 15 is 0 Å². The predicted octanol–water partition coefficient (Wildman–Crippen LogP) is -3.19. The molecule has 0 spiro atoms. The zero-order chi connectivity index (χ0) is 6.08. The first-order valence-electron chi connectivity index (χ1n) is 1.57. The molecule has 0 aromatic heterocycles. The summed E-state index contributed by atoms with van der Waals surface area (Å²) in [6.45, 7) is 1.21. The van der Waals surface area contributed by atoms with Crippen LogP contribution in [0.2, 0.25) is 0 Å². The van der Waals surface area contributed by atoms with Gasteiger partial charge in [-0.2, -0.15) is 12.6 Å². The van der Waals surface area contributed by atoms with E-state index in [0.29, 0.717) is 0 Å². The van der Waals surface area contributed by atoms with Crippen molar-refractivity contribution in [2.45, 2.75) is 11.5 Å². The Hall–Kier alpha value is 0.857. The molecule has 0 saturated heterocycles. The number of rotatable bonds is 1. The molecule has 0 saturated carbocycles. The smallest absolute Gasteiger partial charge is 0.747 e. The summed E-state index contributed by atoms with van der Waals surface area (Å²) in [7, 11) is -4.13. The fourth-order valence-corrected chi connectivity index (χ4v) is 0. The van der Waals surface area contributed by atoms with Crippen LogP contribution in [-0.2, 0) is 10.1 Å². The van der Waals surface area contributed by atoms with Gasteiger partial charge in [0.1, 0.15) is 10.1 Å². The van der Waals surface area contributed by atoms with E-state index < -0.39 is 14.7 Å². The molecule has 44 valence electrons. The van der Waals surface area contributed by atoms with Crippen molar-refractivity contribution in [3.8, 4) is 0 Å². The quantitative estimate of drug-likeness (QED) is 0.242. The Bertz CT molecular complexity index is 137. The average Bonchev–Trinajstić information content (AvgIpc) is 1.31. The molecule has 0 N–H and O–H groups in total. The van der Waals surface area contributed by atoms with Crippen molar-refractivity contribution in [1.82, 2.24) is 0 Å².